The Labute approximate surface area is 195 Å². The Balaban J connectivity index is 1.62. The molecule has 6 nitrogen and oxygen atoms in total. The summed E-state index contributed by atoms with van der Waals surface area (Å²) in [6.45, 7) is 5.87. The van der Waals surface area contributed by atoms with E-state index in [1.807, 2.05) is 38.1 Å². The highest BCUT2D eigenvalue weighted by Gasteiger charge is 2.42. The summed E-state index contributed by atoms with van der Waals surface area (Å²) >= 11 is 1.11. The third-order valence-electron chi connectivity index (χ3n) is 5.34. The van der Waals surface area contributed by atoms with Gasteiger partial charge < -0.3 is 5.32 Å². The zero-order chi connectivity index (χ0) is 23.7. The molecule has 9 heteroatoms. The molecule has 172 valence electrons. The van der Waals surface area contributed by atoms with Crippen molar-refractivity contribution in [2.45, 2.75) is 44.9 Å². The van der Waals surface area contributed by atoms with Gasteiger partial charge in [-0.3, -0.25) is 14.6 Å². The van der Waals surface area contributed by atoms with Gasteiger partial charge in [-0.2, -0.15) is 0 Å². The molecule has 0 radical (unpaired) electrons. The molecule has 2 atom stereocenters. The molecule has 0 fully saturated rings. The third-order valence-corrected chi connectivity index (χ3v) is 6.66. The number of hydrogen-bond acceptors (Lipinski definition) is 5. The smallest absolute Gasteiger partial charge is 0.259 e. The lowest BCUT2D eigenvalue weighted by Gasteiger charge is -2.27. The van der Waals surface area contributed by atoms with Gasteiger partial charge in [0.2, 0.25) is 5.91 Å². The molecule has 0 saturated carbocycles. The van der Waals surface area contributed by atoms with Crippen LogP contribution in [0.4, 0.5) is 20.2 Å². The number of hydrogen-bond donors (Lipinski definition) is 1. The van der Waals surface area contributed by atoms with Crippen molar-refractivity contribution in [3.8, 4) is 0 Å². The monoisotopic (exact) mass is 470 g/mol. The molecule has 0 unspecified atom stereocenters. The van der Waals surface area contributed by atoms with E-state index in [4.69, 9.17) is 4.99 Å². The van der Waals surface area contributed by atoms with Gasteiger partial charge in [0.25, 0.3) is 5.91 Å². The number of amidine groups is 2. The zero-order valence-electron chi connectivity index (χ0n) is 18.5. The summed E-state index contributed by atoms with van der Waals surface area (Å²) < 4.78 is 27.5. The minimum atomic E-state index is -0.728. The number of anilines is 1. The molecule has 2 aliphatic rings. The van der Waals surface area contributed by atoms with Gasteiger partial charge >= 0.3 is 0 Å². The van der Waals surface area contributed by atoms with Crippen LogP contribution in [0.15, 0.2) is 52.4 Å². The summed E-state index contributed by atoms with van der Waals surface area (Å²) in [6.07, 6.45) is 0.994. The molecule has 0 aromatic heterocycles. The molecule has 0 saturated heterocycles. The lowest BCUT2D eigenvalue weighted by Crippen LogP contribution is -2.42. The highest BCUT2D eigenvalue weighted by Crippen LogP contribution is 2.36. The maximum absolute atomic E-state index is 14.0. The number of thioether (sulfide) groups is 1. The molecular weight excluding hydrogens is 446 g/mol. The van der Waals surface area contributed by atoms with Crippen LogP contribution in [0.1, 0.15) is 39.2 Å². The largest absolute Gasteiger partial charge is 0.323 e. The maximum Gasteiger partial charge on any atom is 0.259 e. The molecule has 0 aliphatic carbocycles. The van der Waals surface area contributed by atoms with Crippen LogP contribution in [0.25, 0.3) is 0 Å². The summed E-state index contributed by atoms with van der Waals surface area (Å²) in [6, 6.07) is 9.79. The molecule has 0 spiro atoms. The quantitative estimate of drug-likeness (QED) is 0.637. The Bertz CT molecular complexity index is 1160. The lowest BCUT2D eigenvalue weighted by atomic mass is 10.0. The van der Waals surface area contributed by atoms with Crippen LogP contribution in [0.2, 0.25) is 0 Å². The van der Waals surface area contributed by atoms with Crippen LogP contribution in [0.3, 0.4) is 0 Å². The van der Waals surface area contributed by atoms with Gasteiger partial charge in [-0.1, -0.05) is 44.7 Å². The topological polar surface area (TPSA) is 74.1 Å². The first-order chi connectivity index (χ1) is 15.8. The van der Waals surface area contributed by atoms with Gasteiger partial charge in [0.15, 0.2) is 5.17 Å². The van der Waals surface area contributed by atoms with Crippen LogP contribution >= 0.6 is 11.8 Å². The summed E-state index contributed by atoms with van der Waals surface area (Å²) in [7, 11) is 0. The first-order valence-corrected chi connectivity index (χ1v) is 11.7. The first kappa shape index (κ1) is 23.1. The van der Waals surface area contributed by atoms with Gasteiger partial charge in [-0.05, 0) is 43.0 Å². The average Bonchev–Trinajstić information content (AvgIpc) is 3.10. The number of para-hydroxylation sites is 1. The van der Waals surface area contributed by atoms with Crippen molar-refractivity contribution in [3.63, 3.8) is 0 Å². The summed E-state index contributed by atoms with van der Waals surface area (Å²) in [5.41, 5.74) is 1.20. The van der Waals surface area contributed by atoms with Crippen LogP contribution in [-0.4, -0.2) is 39.0 Å². The molecule has 4 rings (SSSR count). The molecular formula is C24H24F2N4O2S. The number of halogens is 2. The zero-order valence-corrected chi connectivity index (χ0v) is 19.3. The predicted molar refractivity (Wildman–Crippen MR) is 127 cm³/mol. The van der Waals surface area contributed by atoms with Gasteiger partial charge in [0.05, 0.1) is 16.6 Å². The van der Waals surface area contributed by atoms with Crippen LogP contribution < -0.4 is 5.32 Å². The Morgan fingerprint density at radius 2 is 1.97 bits per heavy atom. The van der Waals surface area contributed by atoms with Gasteiger partial charge in [0.1, 0.15) is 23.5 Å². The number of amides is 2. The SMILES string of the molecule is CC[C@H](SC1=Nc2ccccc2C2=N[C@@H](CC(C)C)C(=O)N12)C(=O)Nc1cc(F)ccc1F. The highest BCUT2D eigenvalue weighted by molar-refractivity contribution is 8.15. The summed E-state index contributed by atoms with van der Waals surface area (Å²) in [4.78, 5) is 37.0. The molecule has 2 aliphatic heterocycles. The number of nitrogens with zero attached hydrogens (tertiary/aromatic N) is 3. The van der Waals surface area contributed by atoms with E-state index in [1.165, 1.54) is 4.90 Å². The summed E-state index contributed by atoms with van der Waals surface area (Å²) in [5, 5.41) is 2.12. The standard InChI is InChI=1S/C24H24F2N4O2S/c1-4-20(22(31)28-18-12-14(25)9-10-16(18)26)33-24-29-17-8-6-5-7-15(17)21-27-19(11-13(2)3)23(32)30(21)24/h5-10,12-13,19-20H,4,11H2,1-3H3,(H,28,31)/t19-,20-/m0/s1. The first-order valence-electron chi connectivity index (χ1n) is 10.8. The van der Waals surface area contributed by atoms with Gasteiger partial charge in [-0.25, -0.2) is 18.7 Å². The number of nitrogens with one attached hydrogen (secondary N) is 1. The number of carbonyl (C=O) groups is 2. The molecule has 2 amide bonds. The normalized spacial score (nSPS) is 17.9. The number of fused-ring (bicyclic) bond motifs is 3. The van der Waals surface area contributed by atoms with Crippen molar-refractivity contribution >= 4 is 46.0 Å². The predicted octanol–water partition coefficient (Wildman–Crippen LogP) is 5.12. The van der Waals surface area contributed by atoms with E-state index in [0.717, 1.165) is 35.5 Å². The van der Waals surface area contributed by atoms with E-state index < -0.39 is 28.8 Å². The van der Waals surface area contributed by atoms with Crippen molar-refractivity contribution in [3.05, 3.63) is 59.7 Å². The van der Waals surface area contributed by atoms with E-state index in [1.54, 1.807) is 6.92 Å². The van der Waals surface area contributed by atoms with Gasteiger partial charge in [0, 0.05) is 11.6 Å². The Kier molecular flexibility index (Phi) is 6.60. The maximum atomic E-state index is 14.0. The fourth-order valence-electron chi connectivity index (χ4n) is 3.74. The number of aliphatic imine (C=N–C) groups is 2. The third kappa shape index (κ3) is 4.68. The molecule has 2 aromatic carbocycles. The van der Waals surface area contributed by atoms with Crippen LogP contribution in [0.5, 0.6) is 0 Å². The number of carbonyl (C=O) groups excluding carboxylic acids is 2. The van der Waals surface area contributed by atoms with Crippen molar-refractivity contribution in [2.75, 3.05) is 5.32 Å². The second kappa shape index (κ2) is 9.43. The second-order valence-corrected chi connectivity index (χ2v) is 9.48. The minimum absolute atomic E-state index is 0.175. The van der Waals surface area contributed by atoms with E-state index in [2.05, 4.69) is 10.3 Å². The van der Waals surface area contributed by atoms with E-state index in [-0.39, 0.29) is 17.5 Å². The fourth-order valence-corrected chi connectivity index (χ4v) is 4.76. The number of rotatable bonds is 6. The molecule has 2 heterocycles. The highest BCUT2D eigenvalue weighted by atomic mass is 32.2. The molecule has 0 bridgehead atoms. The van der Waals surface area contributed by atoms with Crippen molar-refractivity contribution in [1.82, 2.24) is 4.90 Å². The van der Waals surface area contributed by atoms with Crippen molar-refractivity contribution < 1.29 is 18.4 Å². The van der Waals surface area contributed by atoms with Crippen molar-refractivity contribution in [1.29, 1.82) is 0 Å². The Morgan fingerprint density at radius 3 is 2.70 bits per heavy atom. The average molecular weight is 471 g/mol. The minimum Gasteiger partial charge on any atom is -0.323 e. The number of benzene rings is 2. The second-order valence-electron chi connectivity index (χ2n) is 8.31. The van der Waals surface area contributed by atoms with Crippen LogP contribution in [-0.2, 0) is 9.59 Å². The molecule has 1 N–H and O–H groups in total. The lowest BCUT2D eigenvalue weighted by molar-refractivity contribution is -0.125. The Morgan fingerprint density at radius 1 is 1.21 bits per heavy atom. The van der Waals surface area contributed by atoms with E-state index in [0.29, 0.717) is 29.5 Å². The molecule has 33 heavy (non-hydrogen) atoms. The molecule has 2 aromatic rings. The summed E-state index contributed by atoms with van der Waals surface area (Å²) in [5.74, 6) is -1.24. The van der Waals surface area contributed by atoms with Crippen molar-refractivity contribution in [2.24, 2.45) is 15.9 Å². The fraction of sp³-hybridized carbons (Fsp3) is 0.333. The van der Waals surface area contributed by atoms with Gasteiger partial charge in [-0.15, -0.1) is 0 Å². The van der Waals surface area contributed by atoms with Crippen LogP contribution in [0, 0.1) is 17.6 Å². The van der Waals surface area contributed by atoms with E-state index in [9.17, 15) is 18.4 Å². The van der Waals surface area contributed by atoms with E-state index >= 15 is 0 Å². The Hall–Kier alpha value is -3.07.